The highest BCUT2D eigenvalue weighted by atomic mass is 35.5. The van der Waals surface area contributed by atoms with Crippen molar-refractivity contribution in [1.82, 2.24) is 10.7 Å². The third-order valence-electron chi connectivity index (χ3n) is 3.26. The van der Waals surface area contributed by atoms with Gasteiger partial charge in [0.05, 0.1) is 15.6 Å². The van der Waals surface area contributed by atoms with Gasteiger partial charge < -0.3 is 10.6 Å². The van der Waals surface area contributed by atoms with E-state index in [-0.39, 0.29) is 22.9 Å². The minimum absolute atomic E-state index is 0.00334. The van der Waals surface area contributed by atoms with Crippen LogP contribution in [-0.2, 0) is 4.79 Å². The minimum atomic E-state index is -0.696. The molecule has 0 saturated heterocycles. The number of hydrazone groups is 1. The lowest BCUT2D eigenvalue weighted by Crippen LogP contribution is -2.37. The first kappa shape index (κ1) is 20.6. The van der Waals surface area contributed by atoms with E-state index in [2.05, 4.69) is 21.2 Å². The van der Waals surface area contributed by atoms with Gasteiger partial charge >= 0.3 is 6.03 Å². The number of benzene rings is 2. The Morgan fingerprint density at radius 2 is 1.93 bits per heavy atom. The number of anilines is 1. The molecule has 9 nitrogen and oxygen atoms in total. The van der Waals surface area contributed by atoms with Gasteiger partial charge in [-0.2, -0.15) is 5.10 Å². The van der Waals surface area contributed by atoms with E-state index < -0.39 is 16.9 Å². The first-order chi connectivity index (χ1) is 13.5. The summed E-state index contributed by atoms with van der Waals surface area (Å²) < 4.78 is 0. The summed E-state index contributed by atoms with van der Waals surface area (Å²) in [5.41, 5.74) is 3.22. The van der Waals surface area contributed by atoms with Gasteiger partial charge in [0.1, 0.15) is 6.54 Å². The van der Waals surface area contributed by atoms with Gasteiger partial charge in [-0.05, 0) is 17.7 Å². The number of hydrogen-bond acceptors (Lipinski definition) is 5. The Balaban J connectivity index is 1.73. The standard InChI is InChI=1S/C18H16ClN5O4/c19-15-11-14(24(27)28)8-9-16(15)22-18(26)20-12-17(25)23-21-10-4-7-13-5-2-1-3-6-13/h1-11H,12H2,(H,23,25)(H2,20,22,26)/b7-4+,21-10+. The van der Waals surface area contributed by atoms with Gasteiger partial charge in [-0.25, -0.2) is 10.2 Å². The summed E-state index contributed by atoms with van der Waals surface area (Å²) in [6, 6.07) is 12.5. The molecule has 0 saturated carbocycles. The van der Waals surface area contributed by atoms with E-state index in [0.717, 1.165) is 11.6 Å². The first-order valence-corrected chi connectivity index (χ1v) is 8.36. The lowest BCUT2D eigenvalue weighted by atomic mass is 10.2. The molecule has 2 aromatic carbocycles. The lowest BCUT2D eigenvalue weighted by Gasteiger charge is -2.08. The highest BCUT2D eigenvalue weighted by Gasteiger charge is 2.11. The van der Waals surface area contributed by atoms with Crippen molar-refractivity contribution in [2.75, 3.05) is 11.9 Å². The van der Waals surface area contributed by atoms with E-state index >= 15 is 0 Å². The van der Waals surface area contributed by atoms with Crippen LogP contribution in [0.5, 0.6) is 0 Å². The lowest BCUT2D eigenvalue weighted by molar-refractivity contribution is -0.384. The summed E-state index contributed by atoms with van der Waals surface area (Å²) in [4.78, 5) is 33.5. The molecule has 0 fully saturated rings. The predicted molar refractivity (Wildman–Crippen MR) is 107 cm³/mol. The van der Waals surface area contributed by atoms with Gasteiger partial charge in [-0.15, -0.1) is 0 Å². The number of nitro groups is 1. The molecule has 28 heavy (non-hydrogen) atoms. The normalized spacial score (nSPS) is 10.8. The number of carbonyl (C=O) groups excluding carboxylic acids is 2. The molecule has 0 aliphatic carbocycles. The Morgan fingerprint density at radius 3 is 2.61 bits per heavy atom. The molecule has 2 rings (SSSR count). The van der Waals surface area contributed by atoms with Crippen LogP contribution in [0.2, 0.25) is 5.02 Å². The molecule has 0 bridgehead atoms. The van der Waals surface area contributed by atoms with E-state index in [1.807, 2.05) is 36.4 Å². The highest BCUT2D eigenvalue weighted by molar-refractivity contribution is 6.33. The van der Waals surface area contributed by atoms with Crippen molar-refractivity contribution in [2.24, 2.45) is 5.10 Å². The predicted octanol–water partition coefficient (Wildman–Crippen LogP) is 3.19. The van der Waals surface area contributed by atoms with Gasteiger partial charge in [0.25, 0.3) is 11.6 Å². The van der Waals surface area contributed by atoms with Crippen molar-refractivity contribution in [1.29, 1.82) is 0 Å². The largest absolute Gasteiger partial charge is 0.329 e. The van der Waals surface area contributed by atoms with Crippen LogP contribution in [0.4, 0.5) is 16.2 Å². The SMILES string of the molecule is O=C(CNC(=O)Nc1ccc([N+](=O)[O-])cc1Cl)N/N=C/C=C/c1ccccc1. The third kappa shape index (κ3) is 6.89. The zero-order chi connectivity index (χ0) is 20.4. The number of hydrogen-bond donors (Lipinski definition) is 3. The second-order valence-corrected chi connectivity index (χ2v) is 5.72. The van der Waals surface area contributed by atoms with Gasteiger partial charge in [0.15, 0.2) is 0 Å². The molecule has 0 aliphatic rings. The van der Waals surface area contributed by atoms with E-state index in [1.165, 1.54) is 18.3 Å². The summed E-state index contributed by atoms with van der Waals surface area (Å²) >= 11 is 5.87. The number of nitrogens with zero attached hydrogens (tertiary/aromatic N) is 2. The van der Waals surface area contributed by atoms with Crippen LogP contribution in [0.1, 0.15) is 5.56 Å². The van der Waals surface area contributed by atoms with E-state index in [9.17, 15) is 19.7 Å². The number of carbonyl (C=O) groups is 2. The molecule has 3 N–H and O–H groups in total. The summed E-state index contributed by atoms with van der Waals surface area (Å²) in [7, 11) is 0. The molecule has 144 valence electrons. The number of nitro benzene ring substituents is 1. The molecule has 0 aliphatic heterocycles. The number of amides is 3. The Kier molecular flexibility index (Phi) is 7.67. The van der Waals surface area contributed by atoms with E-state index in [0.29, 0.717) is 0 Å². The second-order valence-electron chi connectivity index (χ2n) is 5.31. The van der Waals surface area contributed by atoms with Crippen molar-refractivity contribution in [3.63, 3.8) is 0 Å². The molecule has 3 amide bonds. The molecule has 0 aromatic heterocycles. The quantitative estimate of drug-likeness (QED) is 0.374. The fourth-order valence-corrected chi connectivity index (χ4v) is 2.18. The maximum absolute atomic E-state index is 11.8. The minimum Gasteiger partial charge on any atom is -0.329 e. The molecule has 2 aromatic rings. The molecule has 0 radical (unpaired) electrons. The molecule has 10 heteroatoms. The molecule has 0 heterocycles. The third-order valence-corrected chi connectivity index (χ3v) is 3.57. The monoisotopic (exact) mass is 401 g/mol. The highest BCUT2D eigenvalue weighted by Crippen LogP contribution is 2.26. The van der Waals surface area contributed by atoms with Crippen molar-refractivity contribution in [2.45, 2.75) is 0 Å². The number of allylic oxidation sites excluding steroid dienone is 1. The van der Waals surface area contributed by atoms with Gasteiger partial charge in [-0.3, -0.25) is 14.9 Å². The van der Waals surface area contributed by atoms with Crippen molar-refractivity contribution >= 4 is 47.2 Å². The van der Waals surface area contributed by atoms with Crippen LogP contribution in [0.15, 0.2) is 59.7 Å². The van der Waals surface area contributed by atoms with Gasteiger partial charge in [0, 0.05) is 18.3 Å². The number of halogens is 1. The molecule has 0 atom stereocenters. The molecular weight excluding hydrogens is 386 g/mol. The average molecular weight is 402 g/mol. The summed E-state index contributed by atoms with van der Waals surface area (Å²) in [5.74, 6) is -0.533. The van der Waals surface area contributed by atoms with E-state index in [4.69, 9.17) is 11.6 Å². The van der Waals surface area contributed by atoms with Crippen LogP contribution in [0, 0.1) is 10.1 Å². The van der Waals surface area contributed by atoms with Gasteiger partial charge in [0.2, 0.25) is 0 Å². The number of rotatable bonds is 7. The zero-order valence-electron chi connectivity index (χ0n) is 14.5. The van der Waals surface area contributed by atoms with Crippen LogP contribution < -0.4 is 16.1 Å². The van der Waals surface area contributed by atoms with Crippen molar-refractivity contribution in [3.05, 3.63) is 75.3 Å². The fourth-order valence-electron chi connectivity index (χ4n) is 1.96. The summed E-state index contributed by atoms with van der Waals surface area (Å²) in [5, 5.41) is 19.1. The van der Waals surface area contributed by atoms with Crippen molar-refractivity contribution in [3.8, 4) is 0 Å². The Labute approximate surface area is 165 Å². The van der Waals surface area contributed by atoms with E-state index in [1.54, 1.807) is 6.08 Å². The number of nitrogens with one attached hydrogen (secondary N) is 3. The smallest absolute Gasteiger partial charge is 0.319 e. The molecule has 0 unspecified atom stereocenters. The van der Waals surface area contributed by atoms with Crippen LogP contribution in [0.3, 0.4) is 0 Å². The van der Waals surface area contributed by atoms with Crippen LogP contribution in [-0.4, -0.2) is 29.6 Å². The number of non-ortho nitro benzene ring substituents is 1. The molecule has 0 spiro atoms. The second kappa shape index (κ2) is 10.4. The summed E-state index contributed by atoms with van der Waals surface area (Å²) in [6.45, 7) is -0.323. The average Bonchev–Trinajstić information content (AvgIpc) is 2.68. The Hall–Kier alpha value is -3.72. The maximum Gasteiger partial charge on any atom is 0.319 e. The summed E-state index contributed by atoms with van der Waals surface area (Å²) in [6.07, 6.45) is 4.88. The van der Waals surface area contributed by atoms with Gasteiger partial charge in [-0.1, -0.05) is 48.0 Å². The van der Waals surface area contributed by atoms with Crippen LogP contribution >= 0.6 is 11.6 Å². The van der Waals surface area contributed by atoms with Crippen LogP contribution in [0.25, 0.3) is 6.08 Å². The number of urea groups is 1. The zero-order valence-corrected chi connectivity index (χ0v) is 15.2. The molecular formula is C18H16ClN5O4. The first-order valence-electron chi connectivity index (χ1n) is 7.98. The fraction of sp³-hybridized carbons (Fsp3) is 0.0556. The van der Waals surface area contributed by atoms with Crippen molar-refractivity contribution < 1.29 is 14.5 Å². The Morgan fingerprint density at radius 1 is 1.18 bits per heavy atom. The Bertz CT molecular complexity index is 915. The maximum atomic E-state index is 11.8. The topological polar surface area (TPSA) is 126 Å².